The van der Waals surface area contributed by atoms with Crippen LogP contribution in [0.25, 0.3) is 0 Å². The summed E-state index contributed by atoms with van der Waals surface area (Å²) in [6.45, 7) is 6.94. The van der Waals surface area contributed by atoms with E-state index in [4.69, 9.17) is 4.74 Å². The molecule has 1 aromatic heterocycles. The van der Waals surface area contributed by atoms with E-state index in [0.29, 0.717) is 12.5 Å². The average Bonchev–Trinajstić information content (AvgIpc) is 2.17. The molecule has 0 fully saturated rings. The third-order valence-corrected chi connectivity index (χ3v) is 2.21. The SMILES string of the molecule is CC(C)CNCCOc1cncc(Br)c1. The van der Waals surface area contributed by atoms with Crippen LogP contribution in [0.2, 0.25) is 0 Å². The molecule has 0 aliphatic carbocycles. The Morgan fingerprint density at radius 2 is 2.27 bits per heavy atom. The molecule has 3 nitrogen and oxygen atoms in total. The first-order valence-electron chi connectivity index (χ1n) is 5.12. The molecule has 1 rings (SSSR count). The highest BCUT2D eigenvalue weighted by atomic mass is 79.9. The molecule has 0 radical (unpaired) electrons. The zero-order chi connectivity index (χ0) is 11.1. The van der Waals surface area contributed by atoms with Crippen molar-refractivity contribution in [1.29, 1.82) is 0 Å². The van der Waals surface area contributed by atoms with Crippen molar-refractivity contribution < 1.29 is 4.74 Å². The Labute approximate surface area is 99.4 Å². The van der Waals surface area contributed by atoms with Gasteiger partial charge < -0.3 is 10.1 Å². The number of hydrogen-bond donors (Lipinski definition) is 1. The van der Waals surface area contributed by atoms with Gasteiger partial charge in [-0.2, -0.15) is 0 Å². The molecule has 0 saturated carbocycles. The fraction of sp³-hybridized carbons (Fsp3) is 0.545. The highest BCUT2D eigenvalue weighted by molar-refractivity contribution is 9.10. The molecule has 1 aromatic rings. The van der Waals surface area contributed by atoms with Crippen LogP contribution in [0, 0.1) is 5.92 Å². The second-order valence-corrected chi connectivity index (χ2v) is 4.70. The minimum Gasteiger partial charge on any atom is -0.491 e. The van der Waals surface area contributed by atoms with E-state index in [9.17, 15) is 0 Å². The molecule has 0 aliphatic rings. The summed E-state index contributed by atoms with van der Waals surface area (Å²) in [6.07, 6.45) is 3.46. The van der Waals surface area contributed by atoms with E-state index < -0.39 is 0 Å². The summed E-state index contributed by atoms with van der Waals surface area (Å²) in [5, 5.41) is 3.31. The van der Waals surface area contributed by atoms with Crippen LogP contribution in [-0.2, 0) is 0 Å². The molecule has 0 spiro atoms. The average molecular weight is 273 g/mol. The first-order valence-corrected chi connectivity index (χ1v) is 5.92. The smallest absolute Gasteiger partial charge is 0.138 e. The second kappa shape index (κ2) is 6.80. The van der Waals surface area contributed by atoms with Crippen molar-refractivity contribution in [2.45, 2.75) is 13.8 Å². The normalized spacial score (nSPS) is 10.7. The van der Waals surface area contributed by atoms with Gasteiger partial charge in [-0.15, -0.1) is 0 Å². The molecule has 84 valence electrons. The van der Waals surface area contributed by atoms with Crippen molar-refractivity contribution in [2.24, 2.45) is 5.92 Å². The van der Waals surface area contributed by atoms with Gasteiger partial charge in [-0.25, -0.2) is 0 Å². The molecule has 0 bridgehead atoms. The molecule has 0 saturated heterocycles. The Balaban J connectivity index is 2.15. The predicted molar refractivity (Wildman–Crippen MR) is 65.1 cm³/mol. The van der Waals surface area contributed by atoms with E-state index in [1.165, 1.54) is 0 Å². The maximum atomic E-state index is 5.51. The highest BCUT2D eigenvalue weighted by Gasteiger charge is 1.96. The number of nitrogens with zero attached hydrogens (tertiary/aromatic N) is 1. The number of ether oxygens (including phenoxy) is 1. The number of nitrogens with one attached hydrogen (secondary N) is 1. The summed E-state index contributed by atoms with van der Waals surface area (Å²) in [5.41, 5.74) is 0. The van der Waals surface area contributed by atoms with Gasteiger partial charge in [-0.1, -0.05) is 13.8 Å². The fourth-order valence-corrected chi connectivity index (χ4v) is 1.45. The van der Waals surface area contributed by atoms with E-state index in [1.807, 2.05) is 6.07 Å². The van der Waals surface area contributed by atoms with Gasteiger partial charge in [0.25, 0.3) is 0 Å². The molecule has 1 N–H and O–H groups in total. The molecule has 0 amide bonds. The fourth-order valence-electron chi connectivity index (χ4n) is 1.10. The summed E-state index contributed by atoms with van der Waals surface area (Å²) in [7, 11) is 0. The van der Waals surface area contributed by atoms with Crippen LogP contribution in [-0.4, -0.2) is 24.7 Å². The van der Waals surface area contributed by atoms with Crippen LogP contribution in [0.15, 0.2) is 22.9 Å². The van der Waals surface area contributed by atoms with Crippen molar-refractivity contribution in [2.75, 3.05) is 19.7 Å². The lowest BCUT2D eigenvalue weighted by Crippen LogP contribution is -2.24. The lowest BCUT2D eigenvalue weighted by molar-refractivity contribution is 0.309. The van der Waals surface area contributed by atoms with Gasteiger partial charge in [-0.05, 0) is 34.5 Å². The van der Waals surface area contributed by atoms with Gasteiger partial charge in [-0.3, -0.25) is 4.98 Å². The van der Waals surface area contributed by atoms with Gasteiger partial charge in [0, 0.05) is 17.2 Å². The summed E-state index contributed by atoms with van der Waals surface area (Å²) in [4.78, 5) is 4.02. The predicted octanol–water partition coefficient (Wildman–Crippen LogP) is 2.47. The number of hydrogen-bond acceptors (Lipinski definition) is 3. The Morgan fingerprint density at radius 3 is 2.93 bits per heavy atom. The van der Waals surface area contributed by atoms with Gasteiger partial charge >= 0.3 is 0 Å². The molecule has 1 heterocycles. The van der Waals surface area contributed by atoms with Crippen molar-refractivity contribution >= 4 is 15.9 Å². The van der Waals surface area contributed by atoms with Crippen LogP contribution < -0.4 is 10.1 Å². The van der Waals surface area contributed by atoms with Crippen molar-refractivity contribution in [3.63, 3.8) is 0 Å². The third kappa shape index (κ3) is 5.74. The Hall–Kier alpha value is -0.610. The molecular weight excluding hydrogens is 256 g/mol. The Morgan fingerprint density at radius 1 is 1.47 bits per heavy atom. The quantitative estimate of drug-likeness (QED) is 0.808. The van der Waals surface area contributed by atoms with Crippen molar-refractivity contribution in [3.8, 4) is 5.75 Å². The van der Waals surface area contributed by atoms with Crippen LogP contribution in [0.1, 0.15) is 13.8 Å². The maximum Gasteiger partial charge on any atom is 0.138 e. The van der Waals surface area contributed by atoms with E-state index in [1.54, 1.807) is 12.4 Å². The van der Waals surface area contributed by atoms with Gasteiger partial charge in [0.05, 0.1) is 6.20 Å². The standard InChI is InChI=1S/C11H17BrN2O/c1-9(2)6-13-3-4-15-11-5-10(12)7-14-8-11/h5,7-9,13H,3-4,6H2,1-2H3. The van der Waals surface area contributed by atoms with Crippen LogP contribution in [0.3, 0.4) is 0 Å². The Bertz CT molecular complexity index is 292. The first-order chi connectivity index (χ1) is 7.18. The zero-order valence-corrected chi connectivity index (χ0v) is 10.8. The molecule has 0 aliphatic heterocycles. The maximum absolute atomic E-state index is 5.51. The minimum atomic E-state index is 0.671. The number of halogens is 1. The highest BCUT2D eigenvalue weighted by Crippen LogP contribution is 2.15. The largest absolute Gasteiger partial charge is 0.491 e. The van der Waals surface area contributed by atoms with Gasteiger partial charge in [0.1, 0.15) is 12.4 Å². The monoisotopic (exact) mass is 272 g/mol. The van der Waals surface area contributed by atoms with E-state index in [0.717, 1.165) is 23.3 Å². The number of aromatic nitrogens is 1. The van der Waals surface area contributed by atoms with Gasteiger partial charge in [0.2, 0.25) is 0 Å². The Kier molecular flexibility index (Phi) is 5.65. The third-order valence-electron chi connectivity index (χ3n) is 1.78. The summed E-state index contributed by atoms with van der Waals surface area (Å²) in [5.74, 6) is 1.48. The van der Waals surface area contributed by atoms with E-state index >= 15 is 0 Å². The summed E-state index contributed by atoms with van der Waals surface area (Å²) < 4.78 is 6.45. The zero-order valence-electron chi connectivity index (χ0n) is 9.16. The minimum absolute atomic E-state index is 0.671. The van der Waals surface area contributed by atoms with Crippen LogP contribution in [0.5, 0.6) is 5.75 Å². The van der Waals surface area contributed by atoms with E-state index in [-0.39, 0.29) is 0 Å². The lowest BCUT2D eigenvalue weighted by atomic mass is 10.2. The molecule has 0 unspecified atom stereocenters. The van der Waals surface area contributed by atoms with Gasteiger partial charge in [0.15, 0.2) is 0 Å². The van der Waals surface area contributed by atoms with E-state index in [2.05, 4.69) is 40.1 Å². The lowest BCUT2D eigenvalue weighted by Gasteiger charge is -2.08. The molecular formula is C11H17BrN2O. The van der Waals surface area contributed by atoms with Crippen LogP contribution >= 0.6 is 15.9 Å². The molecule has 15 heavy (non-hydrogen) atoms. The topological polar surface area (TPSA) is 34.1 Å². The molecule has 4 heteroatoms. The number of pyridine rings is 1. The summed E-state index contributed by atoms with van der Waals surface area (Å²) >= 11 is 3.35. The summed E-state index contributed by atoms with van der Waals surface area (Å²) in [6, 6.07) is 1.91. The number of rotatable bonds is 6. The molecule has 0 aromatic carbocycles. The molecule has 0 atom stereocenters. The van der Waals surface area contributed by atoms with Crippen LogP contribution in [0.4, 0.5) is 0 Å². The van der Waals surface area contributed by atoms with Crippen molar-refractivity contribution in [3.05, 3.63) is 22.9 Å². The van der Waals surface area contributed by atoms with Crippen molar-refractivity contribution in [1.82, 2.24) is 10.3 Å². The first kappa shape index (κ1) is 12.5. The second-order valence-electron chi connectivity index (χ2n) is 3.79.